The fourth-order valence-electron chi connectivity index (χ4n) is 3.37. The van der Waals surface area contributed by atoms with Crippen molar-refractivity contribution in [3.05, 3.63) is 18.2 Å². The van der Waals surface area contributed by atoms with Gasteiger partial charge in [0, 0.05) is 18.3 Å². The van der Waals surface area contributed by atoms with Crippen molar-refractivity contribution in [2.45, 2.75) is 77.5 Å². The molecule has 0 aliphatic rings. The zero-order valence-corrected chi connectivity index (χ0v) is 20.5. The molecule has 4 amide bonds. The van der Waals surface area contributed by atoms with Gasteiger partial charge in [0.1, 0.15) is 18.1 Å². The van der Waals surface area contributed by atoms with Crippen LogP contribution in [0, 0.1) is 11.8 Å². The van der Waals surface area contributed by atoms with Gasteiger partial charge in [0.15, 0.2) is 0 Å². The minimum absolute atomic E-state index is 0.00197. The van der Waals surface area contributed by atoms with E-state index in [1.54, 1.807) is 13.8 Å². The van der Waals surface area contributed by atoms with E-state index in [-0.39, 0.29) is 24.7 Å². The van der Waals surface area contributed by atoms with E-state index in [9.17, 15) is 29.1 Å². The van der Waals surface area contributed by atoms with Crippen LogP contribution in [0.2, 0.25) is 0 Å². The molecule has 0 aromatic carbocycles. The first kappa shape index (κ1) is 29.6. The number of amides is 4. The van der Waals surface area contributed by atoms with Gasteiger partial charge in [-0.3, -0.25) is 19.2 Å². The average molecular weight is 496 g/mol. The Hall–Kier alpha value is -3.48. The second kappa shape index (κ2) is 14.0. The van der Waals surface area contributed by atoms with Crippen LogP contribution in [-0.4, -0.2) is 68.8 Å². The summed E-state index contributed by atoms with van der Waals surface area (Å²) < 4.78 is 0. The molecule has 13 nitrogen and oxygen atoms in total. The van der Waals surface area contributed by atoms with Crippen molar-refractivity contribution in [1.29, 1.82) is 0 Å². The number of H-pyrrole nitrogens is 1. The third-order valence-electron chi connectivity index (χ3n) is 5.03. The standard InChI is InChI=1S/C22H37N7O6/c1-11(2)5-14(23)19(31)27-15(7-13-9-25-10-26-13)20(32)28-16(8-18(24)30)21(33)29-17(22(34)35)6-12(3)4/h9-12,14-17H,5-8,23H2,1-4H3,(H2,24,30)(H,25,26)(H,27,31)(H,28,32)(H,29,33)(H,34,35). The maximum absolute atomic E-state index is 13.1. The number of aliphatic carboxylic acids is 1. The number of aromatic nitrogens is 2. The van der Waals surface area contributed by atoms with Gasteiger partial charge >= 0.3 is 5.97 Å². The molecule has 0 saturated carbocycles. The number of nitrogens with two attached hydrogens (primary N) is 2. The van der Waals surface area contributed by atoms with E-state index < -0.39 is 60.2 Å². The van der Waals surface area contributed by atoms with Gasteiger partial charge < -0.3 is 37.5 Å². The SMILES string of the molecule is CC(C)CC(N)C(=O)NC(Cc1cnc[nH]1)C(=O)NC(CC(N)=O)C(=O)NC(CC(C)C)C(=O)O. The molecule has 13 heteroatoms. The zero-order chi connectivity index (χ0) is 26.7. The maximum Gasteiger partial charge on any atom is 0.326 e. The zero-order valence-electron chi connectivity index (χ0n) is 20.5. The largest absolute Gasteiger partial charge is 0.480 e. The Morgan fingerprint density at radius 2 is 1.46 bits per heavy atom. The van der Waals surface area contributed by atoms with Gasteiger partial charge in [-0.05, 0) is 24.7 Å². The quantitative estimate of drug-likeness (QED) is 0.156. The molecule has 9 N–H and O–H groups in total. The summed E-state index contributed by atoms with van der Waals surface area (Å²) in [4.78, 5) is 68.3. The summed E-state index contributed by atoms with van der Waals surface area (Å²) >= 11 is 0. The van der Waals surface area contributed by atoms with Crippen LogP contribution in [-0.2, 0) is 30.4 Å². The van der Waals surface area contributed by atoms with Crippen LogP contribution in [0.3, 0.4) is 0 Å². The van der Waals surface area contributed by atoms with Crippen LogP contribution < -0.4 is 27.4 Å². The van der Waals surface area contributed by atoms with E-state index in [4.69, 9.17) is 11.5 Å². The molecule has 0 fully saturated rings. The molecule has 196 valence electrons. The van der Waals surface area contributed by atoms with Gasteiger partial charge in [-0.1, -0.05) is 27.7 Å². The molecule has 0 spiro atoms. The van der Waals surface area contributed by atoms with Crippen molar-refractivity contribution in [2.75, 3.05) is 0 Å². The maximum atomic E-state index is 13.1. The highest BCUT2D eigenvalue weighted by Gasteiger charge is 2.31. The lowest BCUT2D eigenvalue weighted by Gasteiger charge is -2.25. The van der Waals surface area contributed by atoms with Crippen LogP contribution in [0.1, 0.15) is 52.7 Å². The monoisotopic (exact) mass is 495 g/mol. The number of hydrogen-bond acceptors (Lipinski definition) is 7. The molecule has 4 atom stereocenters. The van der Waals surface area contributed by atoms with Gasteiger partial charge in [0.25, 0.3) is 0 Å². The van der Waals surface area contributed by atoms with E-state index in [0.717, 1.165) is 0 Å². The highest BCUT2D eigenvalue weighted by molar-refractivity contribution is 5.96. The molecule has 0 bridgehead atoms. The normalized spacial score (nSPS) is 14.6. The average Bonchev–Trinajstić information content (AvgIpc) is 3.24. The van der Waals surface area contributed by atoms with Crippen molar-refractivity contribution in [2.24, 2.45) is 23.3 Å². The van der Waals surface area contributed by atoms with Crippen molar-refractivity contribution in [3.63, 3.8) is 0 Å². The van der Waals surface area contributed by atoms with Crippen LogP contribution in [0.5, 0.6) is 0 Å². The Labute approximate surface area is 204 Å². The van der Waals surface area contributed by atoms with Gasteiger partial charge in [0.05, 0.1) is 18.8 Å². The summed E-state index contributed by atoms with van der Waals surface area (Å²) in [5.41, 5.74) is 11.7. The third-order valence-corrected chi connectivity index (χ3v) is 5.03. The fraction of sp³-hybridized carbons (Fsp3) is 0.636. The number of carbonyl (C=O) groups excluding carboxylic acids is 4. The van der Waals surface area contributed by atoms with Crippen LogP contribution >= 0.6 is 0 Å². The van der Waals surface area contributed by atoms with Crippen LogP contribution in [0.15, 0.2) is 12.5 Å². The summed E-state index contributed by atoms with van der Waals surface area (Å²) in [5.74, 6) is -4.24. The van der Waals surface area contributed by atoms with Gasteiger partial charge in [-0.25, -0.2) is 9.78 Å². The summed E-state index contributed by atoms with van der Waals surface area (Å²) in [6.45, 7) is 7.38. The number of hydrogen-bond donors (Lipinski definition) is 7. The first-order valence-electron chi connectivity index (χ1n) is 11.4. The minimum atomic E-state index is -1.44. The van der Waals surface area contributed by atoms with Crippen molar-refractivity contribution >= 4 is 29.6 Å². The minimum Gasteiger partial charge on any atom is -0.480 e. The molecular weight excluding hydrogens is 458 g/mol. The molecule has 1 rings (SSSR count). The second-order valence-electron chi connectivity index (χ2n) is 9.34. The predicted octanol–water partition coefficient (Wildman–Crippen LogP) is -1.21. The fourth-order valence-corrected chi connectivity index (χ4v) is 3.37. The first-order chi connectivity index (χ1) is 16.3. The molecule has 1 heterocycles. The number of carbonyl (C=O) groups is 5. The number of carboxylic acids is 1. The van der Waals surface area contributed by atoms with Crippen LogP contribution in [0.4, 0.5) is 0 Å². The number of nitrogens with zero attached hydrogens (tertiary/aromatic N) is 1. The molecule has 0 radical (unpaired) electrons. The number of imidazole rings is 1. The Balaban J connectivity index is 3.06. The number of aromatic amines is 1. The summed E-state index contributed by atoms with van der Waals surface area (Å²) in [5, 5.41) is 16.7. The van der Waals surface area contributed by atoms with Gasteiger partial charge in [-0.2, -0.15) is 0 Å². The van der Waals surface area contributed by atoms with Gasteiger partial charge in [-0.15, -0.1) is 0 Å². The molecule has 4 unspecified atom stereocenters. The molecule has 0 aliphatic carbocycles. The number of carboxylic acid groups (broad SMARTS) is 1. The molecule has 0 aliphatic heterocycles. The third kappa shape index (κ3) is 11.0. The Morgan fingerprint density at radius 3 is 1.94 bits per heavy atom. The summed E-state index contributed by atoms with van der Waals surface area (Å²) in [7, 11) is 0. The molecule has 35 heavy (non-hydrogen) atoms. The lowest BCUT2D eigenvalue weighted by Crippen LogP contribution is -2.58. The smallest absolute Gasteiger partial charge is 0.326 e. The van der Waals surface area contributed by atoms with Crippen molar-refractivity contribution < 1.29 is 29.1 Å². The Bertz CT molecular complexity index is 872. The molecule has 0 saturated heterocycles. The number of rotatable bonds is 15. The van der Waals surface area contributed by atoms with E-state index in [1.807, 2.05) is 13.8 Å². The van der Waals surface area contributed by atoms with E-state index in [1.165, 1.54) is 12.5 Å². The highest BCUT2D eigenvalue weighted by Crippen LogP contribution is 2.08. The van der Waals surface area contributed by atoms with E-state index >= 15 is 0 Å². The molecule has 1 aromatic rings. The van der Waals surface area contributed by atoms with Gasteiger partial charge in [0.2, 0.25) is 23.6 Å². The summed E-state index contributed by atoms with van der Waals surface area (Å²) in [6.07, 6.45) is 2.84. The first-order valence-corrected chi connectivity index (χ1v) is 11.4. The molecule has 1 aromatic heterocycles. The Kier molecular flexibility index (Phi) is 11.9. The second-order valence-corrected chi connectivity index (χ2v) is 9.34. The number of nitrogens with one attached hydrogen (secondary N) is 4. The van der Waals surface area contributed by atoms with E-state index in [2.05, 4.69) is 25.9 Å². The lowest BCUT2D eigenvalue weighted by molar-refractivity contribution is -0.143. The highest BCUT2D eigenvalue weighted by atomic mass is 16.4. The number of primary amides is 1. The lowest BCUT2D eigenvalue weighted by atomic mass is 10.0. The van der Waals surface area contributed by atoms with Crippen molar-refractivity contribution in [1.82, 2.24) is 25.9 Å². The summed E-state index contributed by atoms with van der Waals surface area (Å²) in [6, 6.07) is -4.68. The van der Waals surface area contributed by atoms with Crippen molar-refractivity contribution in [3.8, 4) is 0 Å². The van der Waals surface area contributed by atoms with Crippen LogP contribution in [0.25, 0.3) is 0 Å². The van der Waals surface area contributed by atoms with E-state index in [0.29, 0.717) is 12.1 Å². The predicted molar refractivity (Wildman–Crippen MR) is 126 cm³/mol. The molecular formula is C22H37N7O6. The Morgan fingerprint density at radius 1 is 0.914 bits per heavy atom. The topological polar surface area (TPSA) is 222 Å².